The van der Waals surface area contributed by atoms with Gasteiger partial charge in [0.2, 0.25) is 0 Å². The molecule has 0 bridgehead atoms. The lowest BCUT2D eigenvalue weighted by Crippen LogP contribution is -1.92. The topological polar surface area (TPSA) is 41.6 Å². The van der Waals surface area contributed by atoms with Gasteiger partial charge in [0, 0.05) is 30.6 Å². The molecule has 0 saturated carbocycles. The number of hydrogen-bond donors (Lipinski definition) is 1. The minimum atomic E-state index is -0.224. The highest BCUT2D eigenvalue weighted by molar-refractivity contribution is 5.65. The predicted octanol–water partition coefficient (Wildman–Crippen LogP) is 3.20. The van der Waals surface area contributed by atoms with Crippen molar-refractivity contribution in [3.63, 3.8) is 0 Å². The fraction of sp³-hybridized carbons (Fsp3) is 0.0667. The summed E-state index contributed by atoms with van der Waals surface area (Å²) in [4.78, 5) is 4.00. The molecule has 3 nitrogen and oxygen atoms in total. The van der Waals surface area contributed by atoms with Crippen LogP contribution in [0.4, 0.5) is 4.39 Å². The second-order valence-electron chi connectivity index (χ2n) is 4.29. The molecule has 94 valence electrons. The first kappa shape index (κ1) is 11.6. The van der Waals surface area contributed by atoms with Crippen LogP contribution >= 0.6 is 0 Å². The largest absolute Gasteiger partial charge is 0.285 e. The molecule has 0 aliphatic rings. The number of hydrogen-bond acceptors (Lipinski definition) is 2. The average molecular weight is 253 g/mol. The summed E-state index contributed by atoms with van der Waals surface area (Å²) in [5, 5.41) is 7.12. The number of rotatable bonds is 3. The van der Waals surface area contributed by atoms with E-state index < -0.39 is 0 Å². The van der Waals surface area contributed by atoms with E-state index in [1.54, 1.807) is 18.5 Å². The van der Waals surface area contributed by atoms with Crippen LogP contribution in [-0.2, 0) is 6.42 Å². The molecule has 4 heteroatoms. The van der Waals surface area contributed by atoms with Gasteiger partial charge in [-0.2, -0.15) is 5.10 Å². The van der Waals surface area contributed by atoms with Crippen LogP contribution in [0.2, 0.25) is 0 Å². The molecule has 0 aliphatic carbocycles. The van der Waals surface area contributed by atoms with Gasteiger partial charge in [0.25, 0.3) is 0 Å². The van der Waals surface area contributed by atoms with E-state index in [1.165, 1.54) is 12.1 Å². The normalized spacial score (nSPS) is 10.6. The third-order valence-electron chi connectivity index (χ3n) is 2.97. The quantitative estimate of drug-likeness (QED) is 0.778. The minimum Gasteiger partial charge on any atom is -0.285 e. The van der Waals surface area contributed by atoms with Crippen LogP contribution in [0.15, 0.2) is 55.0 Å². The van der Waals surface area contributed by atoms with Crippen molar-refractivity contribution in [2.45, 2.75) is 6.42 Å². The van der Waals surface area contributed by atoms with E-state index in [2.05, 4.69) is 15.2 Å². The summed E-state index contributed by atoms with van der Waals surface area (Å²) in [5.74, 6) is -0.224. The molecule has 0 atom stereocenters. The van der Waals surface area contributed by atoms with Crippen LogP contribution in [-0.4, -0.2) is 15.2 Å². The third kappa shape index (κ3) is 2.52. The molecule has 1 N–H and O–H groups in total. The first-order valence-corrected chi connectivity index (χ1v) is 6.00. The second kappa shape index (κ2) is 5.02. The highest BCUT2D eigenvalue weighted by atomic mass is 19.1. The summed E-state index contributed by atoms with van der Waals surface area (Å²) in [6, 6.07) is 10.4. The van der Waals surface area contributed by atoms with Gasteiger partial charge in [-0.3, -0.25) is 10.1 Å². The third-order valence-corrected chi connectivity index (χ3v) is 2.97. The van der Waals surface area contributed by atoms with Gasteiger partial charge < -0.3 is 0 Å². The Morgan fingerprint density at radius 1 is 1.11 bits per heavy atom. The summed E-state index contributed by atoms with van der Waals surface area (Å²) in [6.07, 6.45) is 5.94. The van der Waals surface area contributed by atoms with E-state index in [0.29, 0.717) is 6.42 Å². The number of aromatic amines is 1. The van der Waals surface area contributed by atoms with E-state index in [1.807, 2.05) is 24.4 Å². The second-order valence-corrected chi connectivity index (χ2v) is 4.29. The lowest BCUT2D eigenvalue weighted by molar-refractivity contribution is 0.626. The number of benzene rings is 1. The Bertz CT molecular complexity index is 677. The Labute approximate surface area is 110 Å². The van der Waals surface area contributed by atoms with Crippen LogP contribution in [0, 0.1) is 5.82 Å². The summed E-state index contributed by atoms with van der Waals surface area (Å²) in [5.41, 5.74) is 3.88. The summed E-state index contributed by atoms with van der Waals surface area (Å²) in [7, 11) is 0. The van der Waals surface area contributed by atoms with Crippen LogP contribution in [0.5, 0.6) is 0 Å². The highest BCUT2D eigenvalue weighted by Gasteiger charge is 2.09. The maximum Gasteiger partial charge on any atom is 0.123 e. The van der Waals surface area contributed by atoms with Crippen molar-refractivity contribution in [3.8, 4) is 11.1 Å². The maximum absolute atomic E-state index is 13.2. The fourth-order valence-electron chi connectivity index (χ4n) is 2.07. The van der Waals surface area contributed by atoms with Crippen LogP contribution < -0.4 is 0 Å². The van der Waals surface area contributed by atoms with Gasteiger partial charge in [-0.15, -0.1) is 0 Å². The molecule has 0 spiro atoms. The van der Waals surface area contributed by atoms with Crippen molar-refractivity contribution < 1.29 is 4.39 Å². The molecule has 0 amide bonds. The molecule has 19 heavy (non-hydrogen) atoms. The zero-order valence-electron chi connectivity index (χ0n) is 10.2. The zero-order chi connectivity index (χ0) is 13.1. The van der Waals surface area contributed by atoms with E-state index in [0.717, 1.165) is 22.4 Å². The first-order valence-electron chi connectivity index (χ1n) is 6.00. The molecule has 0 unspecified atom stereocenters. The van der Waals surface area contributed by atoms with E-state index in [-0.39, 0.29) is 5.82 Å². The molecular formula is C15H12FN3. The number of pyridine rings is 1. The first-order chi connectivity index (χ1) is 9.33. The Balaban J connectivity index is 1.93. The van der Waals surface area contributed by atoms with Gasteiger partial charge in [0.05, 0.1) is 5.69 Å². The van der Waals surface area contributed by atoms with E-state index in [9.17, 15) is 4.39 Å². The van der Waals surface area contributed by atoms with Crippen LogP contribution in [0.1, 0.15) is 11.3 Å². The van der Waals surface area contributed by atoms with Gasteiger partial charge in [-0.25, -0.2) is 4.39 Å². The van der Waals surface area contributed by atoms with Gasteiger partial charge in [-0.05, 0) is 35.4 Å². The Hall–Kier alpha value is -2.49. The molecule has 2 aromatic heterocycles. The lowest BCUT2D eigenvalue weighted by atomic mass is 10.0. The Morgan fingerprint density at radius 2 is 1.95 bits per heavy atom. The monoisotopic (exact) mass is 253 g/mol. The molecule has 0 radical (unpaired) electrons. The molecule has 2 heterocycles. The average Bonchev–Trinajstić information content (AvgIpc) is 2.88. The molecule has 1 aromatic carbocycles. The van der Waals surface area contributed by atoms with Gasteiger partial charge >= 0.3 is 0 Å². The molecule has 3 rings (SSSR count). The van der Waals surface area contributed by atoms with Crippen molar-refractivity contribution in [2.24, 2.45) is 0 Å². The van der Waals surface area contributed by atoms with E-state index in [4.69, 9.17) is 0 Å². The smallest absolute Gasteiger partial charge is 0.123 e. The van der Waals surface area contributed by atoms with Crippen LogP contribution in [0.25, 0.3) is 11.1 Å². The molecular weight excluding hydrogens is 241 g/mol. The number of nitrogens with zero attached hydrogens (tertiary/aromatic N) is 2. The highest BCUT2D eigenvalue weighted by Crippen LogP contribution is 2.23. The van der Waals surface area contributed by atoms with Gasteiger partial charge in [0.15, 0.2) is 0 Å². The van der Waals surface area contributed by atoms with Crippen molar-refractivity contribution in [1.82, 2.24) is 15.2 Å². The number of nitrogens with one attached hydrogen (secondary N) is 1. The maximum atomic E-state index is 13.2. The van der Waals surface area contributed by atoms with Crippen molar-refractivity contribution in [1.29, 1.82) is 0 Å². The summed E-state index contributed by atoms with van der Waals surface area (Å²) < 4.78 is 13.2. The predicted molar refractivity (Wildman–Crippen MR) is 71.0 cm³/mol. The SMILES string of the molecule is Fc1cccc(Cc2n[nH]cc2-c2ccncc2)c1. The van der Waals surface area contributed by atoms with Crippen molar-refractivity contribution >= 4 is 0 Å². The standard InChI is InChI=1S/C15H12FN3/c16-13-3-1-2-11(8-13)9-15-14(10-18-19-15)12-4-6-17-7-5-12/h1-8,10H,9H2,(H,18,19). The summed E-state index contributed by atoms with van der Waals surface area (Å²) in [6.45, 7) is 0. The van der Waals surface area contributed by atoms with E-state index >= 15 is 0 Å². The zero-order valence-corrected chi connectivity index (χ0v) is 10.2. The van der Waals surface area contributed by atoms with Gasteiger partial charge in [-0.1, -0.05) is 12.1 Å². The fourth-order valence-corrected chi connectivity index (χ4v) is 2.07. The Kier molecular flexibility index (Phi) is 3.06. The number of halogens is 1. The van der Waals surface area contributed by atoms with Crippen molar-refractivity contribution in [3.05, 3.63) is 72.1 Å². The van der Waals surface area contributed by atoms with Crippen LogP contribution in [0.3, 0.4) is 0 Å². The molecule has 0 fully saturated rings. The molecule has 3 aromatic rings. The summed E-state index contributed by atoms with van der Waals surface area (Å²) >= 11 is 0. The lowest BCUT2D eigenvalue weighted by Gasteiger charge is -2.03. The number of aromatic nitrogens is 3. The molecule has 0 aliphatic heterocycles. The van der Waals surface area contributed by atoms with Crippen molar-refractivity contribution in [2.75, 3.05) is 0 Å². The molecule has 0 saturated heterocycles. The Morgan fingerprint density at radius 3 is 2.74 bits per heavy atom. The number of H-pyrrole nitrogens is 1. The minimum absolute atomic E-state index is 0.224. The van der Waals surface area contributed by atoms with Gasteiger partial charge in [0.1, 0.15) is 5.82 Å².